The summed E-state index contributed by atoms with van der Waals surface area (Å²) in [6.45, 7) is 2.76. The molecule has 0 aromatic carbocycles. The van der Waals surface area contributed by atoms with Gasteiger partial charge < -0.3 is 15.2 Å². The number of carboxylic acid groups (broad SMARTS) is 1. The van der Waals surface area contributed by atoms with Gasteiger partial charge in [-0.2, -0.15) is 0 Å². The minimum absolute atomic E-state index is 0.277. The first-order chi connectivity index (χ1) is 9.65. The Morgan fingerprint density at radius 1 is 1.25 bits per heavy atom. The monoisotopic (exact) mass is 285 g/mol. The molecule has 116 valence electrons. The number of carbonyl (C=O) groups is 2. The number of nitrogens with one attached hydrogen (secondary N) is 1. The van der Waals surface area contributed by atoms with Crippen LogP contribution in [0, 0.1) is 0 Å². The molecule has 1 aliphatic heterocycles. The summed E-state index contributed by atoms with van der Waals surface area (Å²) in [6, 6.07) is -0.780. The molecule has 0 bridgehead atoms. The number of amides is 1. The molecule has 0 aliphatic carbocycles. The van der Waals surface area contributed by atoms with E-state index >= 15 is 0 Å². The molecule has 1 heterocycles. The molecule has 5 heteroatoms. The Bertz CT molecular complexity index is 300. The van der Waals surface area contributed by atoms with Gasteiger partial charge in [-0.25, -0.2) is 4.79 Å². The lowest BCUT2D eigenvalue weighted by Gasteiger charge is -2.17. The first-order valence-corrected chi connectivity index (χ1v) is 7.80. The van der Waals surface area contributed by atoms with Crippen molar-refractivity contribution < 1.29 is 19.4 Å². The van der Waals surface area contributed by atoms with Crippen molar-refractivity contribution >= 4 is 11.9 Å². The predicted octanol–water partition coefficient (Wildman–Crippen LogP) is 2.49. The van der Waals surface area contributed by atoms with Crippen molar-refractivity contribution in [3.05, 3.63) is 0 Å². The van der Waals surface area contributed by atoms with E-state index in [1.807, 2.05) is 0 Å². The number of hydrogen-bond donors (Lipinski definition) is 2. The summed E-state index contributed by atoms with van der Waals surface area (Å²) in [5.41, 5.74) is 0. The first kappa shape index (κ1) is 17.0. The molecule has 0 aromatic rings. The van der Waals surface area contributed by atoms with Crippen molar-refractivity contribution in [2.45, 2.75) is 76.9 Å². The van der Waals surface area contributed by atoms with Gasteiger partial charge in [0.15, 0.2) is 0 Å². The Morgan fingerprint density at radius 2 is 1.95 bits per heavy atom. The molecule has 1 rings (SSSR count). The number of carbonyl (C=O) groups excluding carboxylic acids is 1. The largest absolute Gasteiger partial charge is 0.480 e. The van der Waals surface area contributed by atoms with Gasteiger partial charge in [0.2, 0.25) is 5.91 Å². The fourth-order valence-electron chi connectivity index (χ4n) is 2.44. The molecule has 0 saturated carbocycles. The van der Waals surface area contributed by atoms with Gasteiger partial charge in [-0.15, -0.1) is 0 Å². The van der Waals surface area contributed by atoms with Crippen molar-refractivity contribution in [3.63, 3.8) is 0 Å². The van der Waals surface area contributed by atoms with E-state index in [-0.39, 0.29) is 5.91 Å². The number of ether oxygens (including phenoxy) is 1. The highest BCUT2D eigenvalue weighted by Crippen LogP contribution is 2.13. The summed E-state index contributed by atoms with van der Waals surface area (Å²) in [4.78, 5) is 23.0. The lowest BCUT2D eigenvalue weighted by atomic mass is 10.1. The van der Waals surface area contributed by atoms with Crippen LogP contribution in [0.4, 0.5) is 0 Å². The molecule has 0 unspecified atom stereocenters. The van der Waals surface area contributed by atoms with E-state index in [1.165, 1.54) is 19.3 Å². The van der Waals surface area contributed by atoms with Gasteiger partial charge in [-0.05, 0) is 19.3 Å². The summed E-state index contributed by atoms with van der Waals surface area (Å²) in [6.07, 6.45) is 8.25. The van der Waals surface area contributed by atoms with Crippen LogP contribution in [0.25, 0.3) is 0 Å². The molecule has 1 aliphatic rings. The number of hydrogen-bond acceptors (Lipinski definition) is 3. The maximum atomic E-state index is 11.8. The first-order valence-electron chi connectivity index (χ1n) is 7.80. The average Bonchev–Trinajstić information content (AvgIpc) is 2.95. The predicted molar refractivity (Wildman–Crippen MR) is 76.5 cm³/mol. The van der Waals surface area contributed by atoms with Crippen LogP contribution in [0.2, 0.25) is 0 Å². The van der Waals surface area contributed by atoms with Gasteiger partial charge in [0.1, 0.15) is 12.1 Å². The van der Waals surface area contributed by atoms with Gasteiger partial charge in [0.25, 0.3) is 0 Å². The number of aliphatic carboxylic acids is 1. The van der Waals surface area contributed by atoms with Crippen LogP contribution in [0.3, 0.4) is 0 Å². The van der Waals surface area contributed by atoms with Gasteiger partial charge in [0, 0.05) is 6.61 Å². The van der Waals surface area contributed by atoms with Gasteiger partial charge in [0.05, 0.1) is 0 Å². The summed E-state index contributed by atoms with van der Waals surface area (Å²) < 4.78 is 5.26. The Hall–Kier alpha value is -1.10. The quantitative estimate of drug-likeness (QED) is 0.605. The highest BCUT2D eigenvalue weighted by Gasteiger charge is 2.27. The summed E-state index contributed by atoms with van der Waals surface area (Å²) in [7, 11) is 0. The van der Waals surface area contributed by atoms with Crippen molar-refractivity contribution in [2.75, 3.05) is 6.61 Å². The lowest BCUT2D eigenvalue weighted by Crippen LogP contribution is -2.45. The fraction of sp³-hybridized carbons (Fsp3) is 0.867. The Labute approximate surface area is 121 Å². The molecule has 5 nitrogen and oxygen atoms in total. The third kappa shape index (κ3) is 6.37. The second kappa shape index (κ2) is 9.75. The Kier molecular flexibility index (Phi) is 8.26. The van der Waals surface area contributed by atoms with E-state index in [0.717, 1.165) is 25.7 Å². The molecule has 2 N–H and O–H groups in total. The van der Waals surface area contributed by atoms with E-state index in [1.54, 1.807) is 0 Å². The zero-order valence-electron chi connectivity index (χ0n) is 12.4. The number of rotatable bonds is 10. The molecule has 0 radical (unpaired) electrons. The van der Waals surface area contributed by atoms with Crippen LogP contribution in [-0.4, -0.2) is 35.7 Å². The second-order valence-corrected chi connectivity index (χ2v) is 5.46. The molecule has 2 atom stereocenters. The van der Waals surface area contributed by atoms with Crippen LogP contribution in [0.5, 0.6) is 0 Å². The molecule has 1 saturated heterocycles. The third-order valence-electron chi connectivity index (χ3n) is 3.68. The maximum absolute atomic E-state index is 11.8. The van der Waals surface area contributed by atoms with E-state index in [9.17, 15) is 9.59 Å². The van der Waals surface area contributed by atoms with E-state index in [0.29, 0.717) is 19.4 Å². The lowest BCUT2D eigenvalue weighted by molar-refractivity contribution is -0.143. The third-order valence-corrected chi connectivity index (χ3v) is 3.68. The van der Waals surface area contributed by atoms with E-state index in [2.05, 4.69) is 12.2 Å². The standard InChI is InChI=1S/C15H27NO4/c1-2-3-4-5-6-7-9-12(15(18)19)16-14(17)13-10-8-11-20-13/h12-13H,2-11H2,1H3,(H,16,17)(H,18,19)/t12-,13+/m0/s1. The van der Waals surface area contributed by atoms with Crippen LogP contribution in [0.1, 0.15) is 64.7 Å². The minimum atomic E-state index is -0.954. The Balaban J connectivity index is 2.22. The van der Waals surface area contributed by atoms with Crippen molar-refractivity contribution in [1.29, 1.82) is 0 Å². The van der Waals surface area contributed by atoms with Gasteiger partial charge in [-0.1, -0.05) is 45.4 Å². The van der Waals surface area contributed by atoms with Crippen LogP contribution >= 0.6 is 0 Å². The summed E-state index contributed by atoms with van der Waals surface area (Å²) >= 11 is 0. The zero-order chi connectivity index (χ0) is 14.8. The fourth-order valence-corrected chi connectivity index (χ4v) is 2.44. The van der Waals surface area contributed by atoms with Crippen LogP contribution < -0.4 is 5.32 Å². The normalized spacial score (nSPS) is 19.8. The van der Waals surface area contributed by atoms with Crippen LogP contribution in [0.15, 0.2) is 0 Å². The number of carboxylic acids is 1. The van der Waals surface area contributed by atoms with E-state index in [4.69, 9.17) is 9.84 Å². The maximum Gasteiger partial charge on any atom is 0.326 e. The minimum Gasteiger partial charge on any atom is -0.480 e. The zero-order valence-corrected chi connectivity index (χ0v) is 12.4. The smallest absolute Gasteiger partial charge is 0.326 e. The molecular weight excluding hydrogens is 258 g/mol. The summed E-state index contributed by atoms with van der Waals surface area (Å²) in [5, 5.41) is 11.7. The molecule has 0 aromatic heterocycles. The highest BCUT2D eigenvalue weighted by molar-refractivity contribution is 5.86. The van der Waals surface area contributed by atoms with Crippen LogP contribution in [-0.2, 0) is 14.3 Å². The van der Waals surface area contributed by atoms with Crippen molar-refractivity contribution in [3.8, 4) is 0 Å². The molecule has 1 fully saturated rings. The molecular formula is C15H27NO4. The topological polar surface area (TPSA) is 75.6 Å². The Morgan fingerprint density at radius 3 is 2.55 bits per heavy atom. The van der Waals surface area contributed by atoms with E-state index < -0.39 is 18.1 Å². The number of unbranched alkanes of at least 4 members (excludes halogenated alkanes) is 5. The molecule has 20 heavy (non-hydrogen) atoms. The molecule has 1 amide bonds. The van der Waals surface area contributed by atoms with Gasteiger partial charge >= 0.3 is 5.97 Å². The second-order valence-electron chi connectivity index (χ2n) is 5.46. The SMILES string of the molecule is CCCCCCCC[C@H](NC(=O)[C@H]1CCCO1)C(=O)O. The summed E-state index contributed by atoms with van der Waals surface area (Å²) in [5.74, 6) is -1.23. The highest BCUT2D eigenvalue weighted by atomic mass is 16.5. The van der Waals surface area contributed by atoms with Gasteiger partial charge in [-0.3, -0.25) is 4.79 Å². The van der Waals surface area contributed by atoms with Crippen molar-refractivity contribution in [1.82, 2.24) is 5.32 Å². The molecule has 0 spiro atoms. The van der Waals surface area contributed by atoms with Crippen molar-refractivity contribution in [2.24, 2.45) is 0 Å². The average molecular weight is 285 g/mol.